The second kappa shape index (κ2) is 7.24. The van der Waals surface area contributed by atoms with Gasteiger partial charge in [-0.2, -0.15) is 0 Å². The molecule has 0 amide bonds. The highest BCUT2D eigenvalue weighted by Crippen LogP contribution is 2.06. The zero-order chi connectivity index (χ0) is 9.36. The van der Waals surface area contributed by atoms with Crippen LogP contribution in [0.2, 0.25) is 0 Å². The van der Waals surface area contributed by atoms with E-state index in [2.05, 4.69) is 5.32 Å². The molecule has 0 unspecified atom stereocenters. The summed E-state index contributed by atoms with van der Waals surface area (Å²) in [4.78, 5) is 0. The van der Waals surface area contributed by atoms with E-state index >= 15 is 0 Å². The summed E-state index contributed by atoms with van der Waals surface area (Å²) >= 11 is 0. The van der Waals surface area contributed by atoms with E-state index in [-0.39, 0.29) is 6.61 Å². The lowest BCUT2D eigenvalue weighted by Crippen LogP contribution is -2.33. The van der Waals surface area contributed by atoms with Crippen LogP contribution in [-0.2, 0) is 9.47 Å². The summed E-state index contributed by atoms with van der Waals surface area (Å²) in [5.74, 6) is 0. The van der Waals surface area contributed by atoms with Crippen molar-refractivity contribution < 1.29 is 13.9 Å². The molecule has 1 aliphatic heterocycles. The van der Waals surface area contributed by atoms with Gasteiger partial charge in [-0.25, -0.2) is 4.39 Å². The Hall–Kier alpha value is -0.190. The Kier molecular flexibility index (Phi) is 6.06. The van der Waals surface area contributed by atoms with Crippen molar-refractivity contribution in [2.24, 2.45) is 0 Å². The third kappa shape index (κ3) is 5.18. The van der Waals surface area contributed by atoms with Crippen LogP contribution in [0, 0.1) is 0 Å². The Morgan fingerprint density at radius 1 is 1.15 bits per heavy atom. The van der Waals surface area contributed by atoms with Crippen LogP contribution in [0.4, 0.5) is 4.39 Å². The number of halogens is 1. The zero-order valence-corrected chi connectivity index (χ0v) is 7.93. The standard InChI is InChI=1S/C9H18FNO2/c10-3-6-12-7-8-13-9-1-4-11-5-2-9/h9,11H,1-8H2. The van der Waals surface area contributed by atoms with Gasteiger partial charge in [0.1, 0.15) is 6.67 Å². The second-order valence-corrected chi connectivity index (χ2v) is 3.12. The van der Waals surface area contributed by atoms with Crippen molar-refractivity contribution in [2.75, 3.05) is 39.6 Å². The molecule has 0 spiro atoms. The molecule has 0 aliphatic carbocycles. The summed E-state index contributed by atoms with van der Waals surface area (Å²) in [6.07, 6.45) is 2.52. The van der Waals surface area contributed by atoms with Gasteiger partial charge >= 0.3 is 0 Å². The summed E-state index contributed by atoms with van der Waals surface area (Å²) in [7, 11) is 0. The van der Waals surface area contributed by atoms with Gasteiger partial charge in [0.05, 0.1) is 25.9 Å². The molecule has 0 radical (unpaired) electrons. The number of hydrogen-bond donors (Lipinski definition) is 1. The smallest absolute Gasteiger partial charge is 0.113 e. The van der Waals surface area contributed by atoms with E-state index in [9.17, 15) is 4.39 Å². The number of rotatable bonds is 6. The van der Waals surface area contributed by atoms with Crippen molar-refractivity contribution in [3.8, 4) is 0 Å². The van der Waals surface area contributed by atoms with Crippen LogP contribution in [0.3, 0.4) is 0 Å². The van der Waals surface area contributed by atoms with E-state index in [1.165, 1.54) is 0 Å². The first kappa shape index (κ1) is 10.9. The summed E-state index contributed by atoms with van der Waals surface area (Å²) in [5.41, 5.74) is 0. The molecule has 1 rings (SSSR count). The van der Waals surface area contributed by atoms with Gasteiger partial charge in [-0.3, -0.25) is 0 Å². The number of alkyl halides is 1. The molecule has 13 heavy (non-hydrogen) atoms. The van der Waals surface area contributed by atoms with Gasteiger partial charge in [-0.15, -0.1) is 0 Å². The molecule has 0 aromatic heterocycles. The molecule has 78 valence electrons. The van der Waals surface area contributed by atoms with Crippen molar-refractivity contribution >= 4 is 0 Å². The zero-order valence-electron chi connectivity index (χ0n) is 7.93. The molecule has 0 bridgehead atoms. The van der Waals surface area contributed by atoms with Gasteiger partial charge in [-0.1, -0.05) is 0 Å². The maximum Gasteiger partial charge on any atom is 0.113 e. The van der Waals surface area contributed by atoms with E-state index in [4.69, 9.17) is 9.47 Å². The molecule has 0 aromatic rings. The quantitative estimate of drug-likeness (QED) is 0.628. The molecule has 0 aromatic carbocycles. The second-order valence-electron chi connectivity index (χ2n) is 3.12. The monoisotopic (exact) mass is 191 g/mol. The molecule has 1 saturated heterocycles. The predicted octanol–water partition coefficient (Wildman–Crippen LogP) is 0.741. The Morgan fingerprint density at radius 2 is 1.92 bits per heavy atom. The number of ether oxygens (including phenoxy) is 2. The minimum absolute atomic E-state index is 0.190. The first-order valence-electron chi connectivity index (χ1n) is 4.89. The third-order valence-corrected chi connectivity index (χ3v) is 2.09. The molecule has 1 heterocycles. The summed E-state index contributed by atoms with van der Waals surface area (Å²) in [5, 5.41) is 3.26. The van der Waals surface area contributed by atoms with Crippen molar-refractivity contribution in [3.05, 3.63) is 0 Å². The maximum absolute atomic E-state index is 11.6. The van der Waals surface area contributed by atoms with Gasteiger partial charge in [0.25, 0.3) is 0 Å². The fourth-order valence-corrected chi connectivity index (χ4v) is 1.39. The van der Waals surface area contributed by atoms with Crippen LogP contribution in [0.15, 0.2) is 0 Å². The van der Waals surface area contributed by atoms with Crippen LogP contribution in [0.25, 0.3) is 0 Å². The SMILES string of the molecule is FCCOCCOC1CCNCC1. The minimum Gasteiger partial charge on any atom is -0.376 e. The third-order valence-electron chi connectivity index (χ3n) is 2.09. The molecule has 0 saturated carbocycles. The van der Waals surface area contributed by atoms with Gasteiger partial charge < -0.3 is 14.8 Å². The lowest BCUT2D eigenvalue weighted by atomic mass is 10.1. The van der Waals surface area contributed by atoms with E-state index in [1.54, 1.807) is 0 Å². The molecule has 1 aliphatic rings. The lowest BCUT2D eigenvalue weighted by molar-refractivity contribution is -0.00899. The van der Waals surface area contributed by atoms with Crippen LogP contribution in [0.5, 0.6) is 0 Å². The van der Waals surface area contributed by atoms with Crippen molar-refractivity contribution in [2.45, 2.75) is 18.9 Å². The molecule has 0 atom stereocenters. The molecule has 3 nitrogen and oxygen atoms in total. The molecule has 4 heteroatoms. The normalized spacial score (nSPS) is 19.2. The Balaban J connectivity index is 1.86. The van der Waals surface area contributed by atoms with Crippen LogP contribution in [0.1, 0.15) is 12.8 Å². The van der Waals surface area contributed by atoms with Crippen LogP contribution < -0.4 is 5.32 Å². The predicted molar refractivity (Wildman–Crippen MR) is 48.6 cm³/mol. The minimum atomic E-state index is -0.409. The lowest BCUT2D eigenvalue weighted by Gasteiger charge is -2.22. The Morgan fingerprint density at radius 3 is 2.62 bits per heavy atom. The largest absolute Gasteiger partial charge is 0.376 e. The van der Waals surface area contributed by atoms with E-state index in [1.807, 2.05) is 0 Å². The van der Waals surface area contributed by atoms with Crippen molar-refractivity contribution in [1.29, 1.82) is 0 Å². The first-order valence-corrected chi connectivity index (χ1v) is 4.89. The Bertz CT molecular complexity index is 118. The number of nitrogens with one attached hydrogen (secondary N) is 1. The fraction of sp³-hybridized carbons (Fsp3) is 1.00. The highest BCUT2D eigenvalue weighted by atomic mass is 19.1. The first-order chi connectivity index (χ1) is 6.43. The van der Waals surface area contributed by atoms with Gasteiger partial charge in [0, 0.05) is 0 Å². The highest BCUT2D eigenvalue weighted by molar-refractivity contribution is 4.67. The van der Waals surface area contributed by atoms with E-state index < -0.39 is 6.67 Å². The average molecular weight is 191 g/mol. The topological polar surface area (TPSA) is 30.5 Å². The average Bonchev–Trinajstić information content (AvgIpc) is 2.19. The molecular weight excluding hydrogens is 173 g/mol. The fourth-order valence-electron chi connectivity index (χ4n) is 1.39. The van der Waals surface area contributed by atoms with Gasteiger partial charge in [0.15, 0.2) is 0 Å². The summed E-state index contributed by atoms with van der Waals surface area (Å²) in [6, 6.07) is 0. The number of piperidine rings is 1. The van der Waals surface area contributed by atoms with E-state index in [0.717, 1.165) is 25.9 Å². The van der Waals surface area contributed by atoms with Crippen molar-refractivity contribution in [3.63, 3.8) is 0 Å². The number of hydrogen-bond acceptors (Lipinski definition) is 3. The van der Waals surface area contributed by atoms with Crippen LogP contribution in [-0.4, -0.2) is 45.7 Å². The Labute approximate surface area is 78.6 Å². The summed E-state index contributed by atoms with van der Waals surface area (Å²) in [6.45, 7) is 2.95. The summed E-state index contributed by atoms with van der Waals surface area (Å²) < 4.78 is 22.1. The highest BCUT2D eigenvalue weighted by Gasteiger charge is 2.12. The van der Waals surface area contributed by atoms with Crippen LogP contribution >= 0.6 is 0 Å². The molecule has 1 N–H and O–H groups in total. The van der Waals surface area contributed by atoms with Gasteiger partial charge in [0.2, 0.25) is 0 Å². The maximum atomic E-state index is 11.6. The van der Waals surface area contributed by atoms with E-state index in [0.29, 0.717) is 19.3 Å². The van der Waals surface area contributed by atoms with Crippen molar-refractivity contribution in [1.82, 2.24) is 5.32 Å². The molecule has 1 fully saturated rings. The molecular formula is C9H18FNO2. The van der Waals surface area contributed by atoms with Gasteiger partial charge in [-0.05, 0) is 25.9 Å².